The van der Waals surface area contributed by atoms with E-state index in [0.29, 0.717) is 30.3 Å². The first-order chi connectivity index (χ1) is 8.72. The van der Waals surface area contributed by atoms with Gasteiger partial charge in [0.25, 0.3) is 5.91 Å². The molecule has 18 heavy (non-hydrogen) atoms. The highest BCUT2D eigenvalue weighted by Gasteiger charge is 2.28. The van der Waals surface area contributed by atoms with Gasteiger partial charge in [0.1, 0.15) is 0 Å². The molecule has 0 saturated heterocycles. The zero-order valence-corrected chi connectivity index (χ0v) is 10.5. The molecule has 1 saturated carbocycles. The average molecular weight is 248 g/mol. The SMILES string of the molecule is Nc1ccc(C(=O)N(CCCO)C2CCC2)cc1. The second-order valence-corrected chi connectivity index (χ2v) is 4.78. The van der Waals surface area contributed by atoms with Crippen molar-refractivity contribution in [2.45, 2.75) is 31.7 Å². The lowest BCUT2D eigenvalue weighted by atomic mass is 9.90. The van der Waals surface area contributed by atoms with E-state index in [1.165, 1.54) is 6.42 Å². The number of anilines is 1. The predicted molar refractivity (Wildman–Crippen MR) is 71.2 cm³/mol. The quantitative estimate of drug-likeness (QED) is 0.779. The maximum Gasteiger partial charge on any atom is 0.254 e. The lowest BCUT2D eigenvalue weighted by Crippen LogP contribution is -2.44. The monoisotopic (exact) mass is 248 g/mol. The second kappa shape index (κ2) is 5.87. The summed E-state index contributed by atoms with van der Waals surface area (Å²) in [6, 6.07) is 7.38. The van der Waals surface area contributed by atoms with Crippen LogP contribution < -0.4 is 5.73 Å². The number of amides is 1. The third kappa shape index (κ3) is 2.82. The number of hydrogen-bond acceptors (Lipinski definition) is 3. The van der Waals surface area contributed by atoms with E-state index >= 15 is 0 Å². The summed E-state index contributed by atoms with van der Waals surface area (Å²) < 4.78 is 0. The van der Waals surface area contributed by atoms with E-state index in [2.05, 4.69) is 0 Å². The van der Waals surface area contributed by atoms with Crippen LogP contribution in [0, 0.1) is 0 Å². The van der Waals surface area contributed by atoms with Crippen molar-refractivity contribution in [3.63, 3.8) is 0 Å². The number of carbonyl (C=O) groups is 1. The molecule has 1 aliphatic rings. The molecule has 0 radical (unpaired) electrons. The van der Waals surface area contributed by atoms with Gasteiger partial charge in [0.2, 0.25) is 0 Å². The first kappa shape index (κ1) is 12.9. The minimum Gasteiger partial charge on any atom is -0.399 e. The Morgan fingerprint density at radius 1 is 1.33 bits per heavy atom. The van der Waals surface area contributed by atoms with Gasteiger partial charge in [-0.25, -0.2) is 0 Å². The number of aliphatic hydroxyl groups is 1. The van der Waals surface area contributed by atoms with Crippen molar-refractivity contribution in [3.8, 4) is 0 Å². The smallest absolute Gasteiger partial charge is 0.254 e. The summed E-state index contributed by atoms with van der Waals surface area (Å²) in [6.45, 7) is 0.753. The lowest BCUT2D eigenvalue weighted by molar-refractivity contribution is 0.0562. The van der Waals surface area contributed by atoms with Crippen LogP contribution in [0.2, 0.25) is 0 Å². The lowest BCUT2D eigenvalue weighted by Gasteiger charge is -2.37. The van der Waals surface area contributed by atoms with E-state index in [0.717, 1.165) is 12.8 Å². The second-order valence-electron chi connectivity index (χ2n) is 4.78. The molecule has 1 aliphatic carbocycles. The fraction of sp³-hybridized carbons (Fsp3) is 0.500. The van der Waals surface area contributed by atoms with Gasteiger partial charge >= 0.3 is 0 Å². The Balaban J connectivity index is 2.08. The Morgan fingerprint density at radius 3 is 2.50 bits per heavy atom. The molecule has 0 unspecified atom stereocenters. The summed E-state index contributed by atoms with van der Waals surface area (Å²) in [7, 11) is 0. The number of benzene rings is 1. The van der Waals surface area contributed by atoms with Gasteiger partial charge in [-0.15, -0.1) is 0 Å². The summed E-state index contributed by atoms with van der Waals surface area (Å²) in [5.74, 6) is 0.0492. The summed E-state index contributed by atoms with van der Waals surface area (Å²) in [4.78, 5) is 14.3. The van der Waals surface area contributed by atoms with E-state index in [-0.39, 0.29) is 12.5 Å². The van der Waals surface area contributed by atoms with Crippen molar-refractivity contribution in [3.05, 3.63) is 29.8 Å². The van der Waals surface area contributed by atoms with Crippen LogP contribution in [0.3, 0.4) is 0 Å². The molecule has 98 valence electrons. The summed E-state index contributed by atoms with van der Waals surface area (Å²) >= 11 is 0. The van der Waals surface area contributed by atoms with Gasteiger partial charge in [-0.05, 0) is 49.9 Å². The van der Waals surface area contributed by atoms with Crippen LogP contribution in [0.25, 0.3) is 0 Å². The molecule has 4 nitrogen and oxygen atoms in total. The van der Waals surface area contributed by atoms with E-state index in [1.54, 1.807) is 24.3 Å². The average Bonchev–Trinajstić information content (AvgIpc) is 2.32. The number of hydrogen-bond donors (Lipinski definition) is 2. The van der Waals surface area contributed by atoms with Gasteiger partial charge in [0.05, 0.1) is 0 Å². The topological polar surface area (TPSA) is 66.6 Å². The van der Waals surface area contributed by atoms with Crippen LogP contribution >= 0.6 is 0 Å². The molecule has 0 aliphatic heterocycles. The fourth-order valence-corrected chi connectivity index (χ4v) is 2.18. The van der Waals surface area contributed by atoms with E-state index in [4.69, 9.17) is 10.8 Å². The van der Waals surface area contributed by atoms with Crippen molar-refractivity contribution in [2.24, 2.45) is 0 Å². The molecule has 1 aromatic carbocycles. The molecule has 1 fully saturated rings. The van der Waals surface area contributed by atoms with E-state index in [1.807, 2.05) is 4.90 Å². The van der Waals surface area contributed by atoms with Gasteiger partial charge in [0, 0.05) is 30.4 Å². The molecular weight excluding hydrogens is 228 g/mol. The highest BCUT2D eigenvalue weighted by Crippen LogP contribution is 2.26. The number of nitrogens with zero attached hydrogens (tertiary/aromatic N) is 1. The molecule has 0 atom stereocenters. The van der Waals surface area contributed by atoms with Gasteiger partial charge < -0.3 is 15.7 Å². The van der Waals surface area contributed by atoms with Crippen molar-refractivity contribution in [1.82, 2.24) is 4.90 Å². The predicted octanol–water partition coefficient (Wildman–Crippen LogP) is 1.65. The van der Waals surface area contributed by atoms with Gasteiger partial charge in [-0.3, -0.25) is 4.79 Å². The van der Waals surface area contributed by atoms with Crippen LogP contribution in [0.4, 0.5) is 5.69 Å². The third-order valence-corrected chi connectivity index (χ3v) is 3.49. The number of nitrogens with two attached hydrogens (primary N) is 1. The molecule has 0 aromatic heterocycles. The third-order valence-electron chi connectivity index (χ3n) is 3.49. The van der Waals surface area contributed by atoms with Crippen molar-refractivity contribution in [2.75, 3.05) is 18.9 Å². The Kier molecular flexibility index (Phi) is 4.20. The Hall–Kier alpha value is -1.55. The highest BCUT2D eigenvalue weighted by molar-refractivity contribution is 5.94. The molecule has 4 heteroatoms. The van der Waals surface area contributed by atoms with E-state index < -0.39 is 0 Å². The number of rotatable bonds is 5. The zero-order chi connectivity index (χ0) is 13.0. The first-order valence-corrected chi connectivity index (χ1v) is 6.49. The molecule has 1 amide bonds. The van der Waals surface area contributed by atoms with Crippen LogP contribution in [-0.2, 0) is 0 Å². The molecule has 1 aromatic rings. The molecule has 0 bridgehead atoms. The molecule has 3 N–H and O–H groups in total. The molecule has 2 rings (SSSR count). The van der Waals surface area contributed by atoms with Crippen molar-refractivity contribution in [1.29, 1.82) is 0 Å². The normalized spacial score (nSPS) is 15.2. The Morgan fingerprint density at radius 2 is 2.00 bits per heavy atom. The minimum absolute atomic E-state index is 0.0492. The fourth-order valence-electron chi connectivity index (χ4n) is 2.18. The standard InChI is InChI=1S/C14H20N2O2/c15-12-7-5-11(6-8-12)14(18)16(9-2-10-17)13-3-1-4-13/h5-8,13,17H,1-4,9-10,15H2. The zero-order valence-electron chi connectivity index (χ0n) is 10.5. The molecular formula is C14H20N2O2. The maximum absolute atomic E-state index is 12.4. The Bertz CT molecular complexity index is 399. The van der Waals surface area contributed by atoms with Crippen molar-refractivity contribution >= 4 is 11.6 Å². The highest BCUT2D eigenvalue weighted by atomic mass is 16.3. The van der Waals surface area contributed by atoms with Gasteiger partial charge in [0.15, 0.2) is 0 Å². The molecule has 0 spiro atoms. The number of nitrogen functional groups attached to an aromatic ring is 1. The van der Waals surface area contributed by atoms with Crippen molar-refractivity contribution < 1.29 is 9.90 Å². The van der Waals surface area contributed by atoms with Crippen LogP contribution in [0.5, 0.6) is 0 Å². The largest absolute Gasteiger partial charge is 0.399 e. The maximum atomic E-state index is 12.4. The number of carbonyl (C=O) groups excluding carboxylic acids is 1. The van der Waals surface area contributed by atoms with Gasteiger partial charge in [-0.2, -0.15) is 0 Å². The summed E-state index contributed by atoms with van der Waals surface area (Å²) in [5.41, 5.74) is 6.96. The Labute approximate surface area is 107 Å². The first-order valence-electron chi connectivity index (χ1n) is 6.49. The minimum atomic E-state index is 0.0492. The summed E-state index contributed by atoms with van der Waals surface area (Å²) in [6.07, 6.45) is 3.98. The number of aliphatic hydroxyl groups excluding tert-OH is 1. The van der Waals surface area contributed by atoms with Gasteiger partial charge in [-0.1, -0.05) is 0 Å². The van der Waals surface area contributed by atoms with Crippen LogP contribution in [0.15, 0.2) is 24.3 Å². The van der Waals surface area contributed by atoms with Crippen LogP contribution in [-0.4, -0.2) is 35.1 Å². The molecule has 0 heterocycles. The van der Waals surface area contributed by atoms with E-state index in [9.17, 15) is 4.79 Å². The summed E-state index contributed by atoms with van der Waals surface area (Å²) in [5, 5.41) is 8.92. The van der Waals surface area contributed by atoms with Crippen LogP contribution in [0.1, 0.15) is 36.0 Å².